The minimum atomic E-state index is -1.59. The number of hydrogen-bond acceptors (Lipinski definition) is 8. The minimum Gasteiger partial charge on any atom is -0.507 e. The molecule has 0 bridgehead atoms. The van der Waals surface area contributed by atoms with Gasteiger partial charge < -0.3 is 30.9 Å². The van der Waals surface area contributed by atoms with E-state index in [1.807, 2.05) is 0 Å². The molecule has 0 saturated carbocycles. The second kappa shape index (κ2) is 13.7. The van der Waals surface area contributed by atoms with Crippen LogP contribution in [0, 0.1) is 19.4 Å². The van der Waals surface area contributed by atoms with Gasteiger partial charge in [0.1, 0.15) is 17.4 Å². The summed E-state index contributed by atoms with van der Waals surface area (Å²) in [6.07, 6.45) is 3.80. The summed E-state index contributed by atoms with van der Waals surface area (Å²) in [6.45, 7) is 8.03. The summed E-state index contributed by atoms with van der Waals surface area (Å²) >= 11 is 0. The average molecular weight is 519 g/mol. The predicted molar refractivity (Wildman–Crippen MR) is 132 cm³/mol. The Labute approximate surface area is 215 Å². The predicted octanol–water partition coefficient (Wildman–Crippen LogP) is 0.999. The molecule has 2 atom stereocenters. The third kappa shape index (κ3) is 9.71. The standard InChI is InChI=1S/C25H34N4O8/c1-7-29(23(34)17(14-18(26)30)28-24(35)37-25(4,5)6)20(16-11-9-10-15(3)21(16)32)22(33)27-13-12-19(31)36-8-2/h1,9-11,17,20,32H,8,12-14H2,2-6H3,(H2,26,30)(H,27,33)(H,28,35). The van der Waals surface area contributed by atoms with Crippen LogP contribution in [0.1, 0.15) is 57.7 Å². The maximum atomic E-state index is 13.5. The third-order valence-corrected chi connectivity index (χ3v) is 4.77. The summed E-state index contributed by atoms with van der Waals surface area (Å²) in [6, 6.07) is 3.45. The molecule has 2 unspecified atom stereocenters. The maximum Gasteiger partial charge on any atom is 0.408 e. The smallest absolute Gasteiger partial charge is 0.408 e. The number of aromatic hydroxyl groups is 1. The summed E-state index contributed by atoms with van der Waals surface area (Å²) in [5.41, 5.74) is 4.73. The molecular weight excluding hydrogens is 484 g/mol. The second-order valence-electron chi connectivity index (χ2n) is 8.97. The number of amides is 4. The number of rotatable bonds is 11. The Morgan fingerprint density at radius 1 is 1.22 bits per heavy atom. The Hall–Kier alpha value is -4.27. The number of alkyl carbamates (subject to hydrolysis) is 1. The fourth-order valence-electron chi connectivity index (χ4n) is 3.20. The van der Waals surface area contributed by atoms with E-state index in [-0.39, 0.29) is 30.9 Å². The average Bonchev–Trinajstić information content (AvgIpc) is 2.77. The fraction of sp³-hybridized carbons (Fsp3) is 0.480. The van der Waals surface area contributed by atoms with Gasteiger partial charge in [0.25, 0.3) is 5.91 Å². The van der Waals surface area contributed by atoms with Crippen molar-refractivity contribution in [2.24, 2.45) is 5.73 Å². The molecular formula is C25H34N4O8. The number of phenols is 1. The number of esters is 1. The van der Waals surface area contributed by atoms with Crippen LogP contribution in [0.25, 0.3) is 0 Å². The number of ether oxygens (including phenoxy) is 2. The van der Waals surface area contributed by atoms with Crippen LogP contribution < -0.4 is 16.4 Å². The maximum absolute atomic E-state index is 13.5. The molecule has 37 heavy (non-hydrogen) atoms. The first-order valence-corrected chi connectivity index (χ1v) is 11.5. The van der Waals surface area contributed by atoms with Gasteiger partial charge in [0.05, 0.1) is 19.4 Å². The molecule has 1 aromatic rings. The lowest BCUT2D eigenvalue weighted by Crippen LogP contribution is -2.52. The lowest BCUT2D eigenvalue weighted by atomic mass is 9.99. The summed E-state index contributed by atoms with van der Waals surface area (Å²) in [4.78, 5) is 63.0. The molecule has 202 valence electrons. The van der Waals surface area contributed by atoms with Gasteiger partial charge in [-0.1, -0.05) is 24.6 Å². The van der Waals surface area contributed by atoms with Crippen molar-refractivity contribution in [1.82, 2.24) is 15.5 Å². The van der Waals surface area contributed by atoms with E-state index in [0.717, 1.165) is 0 Å². The highest BCUT2D eigenvalue weighted by atomic mass is 16.6. The fourth-order valence-corrected chi connectivity index (χ4v) is 3.20. The number of nitrogens with zero attached hydrogens (tertiary/aromatic N) is 1. The molecule has 0 fully saturated rings. The van der Waals surface area contributed by atoms with Crippen molar-refractivity contribution in [2.75, 3.05) is 13.2 Å². The zero-order valence-corrected chi connectivity index (χ0v) is 21.6. The van der Waals surface area contributed by atoms with Crippen molar-refractivity contribution < 1.29 is 38.6 Å². The Balaban J connectivity index is 3.39. The van der Waals surface area contributed by atoms with Gasteiger partial charge in [-0.3, -0.25) is 24.1 Å². The molecule has 12 nitrogen and oxygen atoms in total. The van der Waals surface area contributed by atoms with Gasteiger partial charge in [-0.05, 0) is 40.2 Å². The highest BCUT2D eigenvalue weighted by Crippen LogP contribution is 2.32. The van der Waals surface area contributed by atoms with Gasteiger partial charge in [0.15, 0.2) is 6.04 Å². The van der Waals surface area contributed by atoms with Gasteiger partial charge >= 0.3 is 12.1 Å². The van der Waals surface area contributed by atoms with Gasteiger partial charge in [0, 0.05) is 18.2 Å². The molecule has 0 aliphatic heterocycles. The number of para-hydroxylation sites is 1. The van der Waals surface area contributed by atoms with Crippen LogP contribution in [0.5, 0.6) is 5.75 Å². The summed E-state index contributed by atoms with van der Waals surface area (Å²) < 4.78 is 9.98. The van der Waals surface area contributed by atoms with Crippen molar-refractivity contribution in [3.8, 4) is 18.2 Å². The molecule has 0 aliphatic rings. The molecule has 0 radical (unpaired) electrons. The number of carbonyl (C=O) groups excluding carboxylic acids is 5. The van der Waals surface area contributed by atoms with E-state index in [4.69, 9.17) is 21.6 Å². The second-order valence-corrected chi connectivity index (χ2v) is 8.97. The molecule has 0 heterocycles. The van der Waals surface area contributed by atoms with Crippen molar-refractivity contribution in [2.45, 2.75) is 65.1 Å². The van der Waals surface area contributed by atoms with Gasteiger partial charge in [-0.15, -0.1) is 0 Å². The number of aryl methyl sites for hydroxylation is 1. The van der Waals surface area contributed by atoms with Crippen LogP contribution in [0.2, 0.25) is 0 Å². The molecule has 0 aromatic heterocycles. The van der Waals surface area contributed by atoms with Crippen molar-refractivity contribution in [3.63, 3.8) is 0 Å². The van der Waals surface area contributed by atoms with E-state index in [0.29, 0.717) is 10.5 Å². The molecule has 5 N–H and O–H groups in total. The zero-order valence-electron chi connectivity index (χ0n) is 21.6. The quantitative estimate of drug-likeness (QED) is 0.190. The van der Waals surface area contributed by atoms with Crippen molar-refractivity contribution in [1.29, 1.82) is 0 Å². The highest BCUT2D eigenvalue weighted by molar-refractivity contribution is 5.96. The summed E-state index contributed by atoms with van der Waals surface area (Å²) in [5.74, 6) is -3.64. The Morgan fingerprint density at radius 2 is 1.86 bits per heavy atom. The van der Waals surface area contributed by atoms with Crippen LogP contribution in [0.4, 0.5) is 4.79 Å². The largest absolute Gasteiger partial charge is 0.507 e. The third-order valence-electron chi connectivity index (χ3n) is 4.77. The number of carbonyl (C=O) groups is 5. The number of hydrogen-bond donors (Lipinski definition) is 4. The number of nitrogens with two attached hydrogens (primary N) is 1. The van der Waals surface area contributed by atoms with E-state index in [1.54, 1.807) is 46.8 Å². The van der Waals surface area contributed by atoms with Crippen LogP contribution in [-0.2, 0) is 28.7 Å². The Bertz CT molecular complexity index is 1060. The van der Waals surface area contributed by atoms with Gasteiger partial charge in [-0.25, -0.2) is 4.79 Å². The van der Waals surface area contributed by atoms with Crippen molar-refractivity contribution in [3.05, 3.63) is 29.3 Å². The Morgan fingerprint density at radius 3 is 2.41 bits per heavy atom. The minimum absolute atomic E-state index is 0.0185. The van der Waals surface area contributed by atoms with Gasteiger partial charge in [-0.2, -0.15) is 0 Å². The lowest BCUT2D eigenvalue weighted by Gasteiger charge is -2.30. The number of benzene rings is 1. The van der Waals surface area contributed by atoms with Gasteiger partial charge in [0.2, 0.25) is 11.8 Å². The van der Waals surface area contributed by atoms with E-state index < -0.39 is 53.9 Å². The highest BCUT2D eigenvalue weighted by Gasteiger charge is 2.38. The van der Waals surface area contributed by atoms with Crippen LogP contribution in [0.3, 0.4) is 0 Å². The van der Waals surface area contributed by atoms with Crippen molar-refractivity contribution >= 4 is 29.8 Å². The Kier molecular flexibility index (Phi) is 11.4. The SMILES string of the molecule is C#CN(C(=O)C(CC(N)=O)NC(=O)OC(C)(C)C)C(C(=O)NCCC(=O)OCC)c1cccc(C)c1O. The first-order chi connectivity index (χ1) is 17.2. The lowest BCUT2D eigenvalue weighted by molar-refractivity contribution is -0.143. The molecule has 1 aromatic carbocycles. The molecule has 12 heteroatoms. The first-order valence-electron chi connectivity index (χ1n) is 11.5. The summed E-state index contributed by atoms with van der Waals surface area (Å²) in [7, 11) is 0. The normalized spacial score (nSPS) is 12.3. The van der Waals surface area contributed by atoms with E-state index >= 15 is 0 Å². The zero-order chi connectivity index (χ0) is 28.3. The van der Waals surface area contributed by atoms with E-state index in [2.05, 4.69) is 16.7 Å². The topological polar surface area (TPSA) is 177 Å². The molecule has 0 spiro atoms. The molecule has 0 aliphatic carbocycles. The monoisotopic (exact) mass is 518 g/mol. The summed E-state index contributed by atoms with van der Waals surface area (Å²) in [5, 5.41) is 15.4. The number of primary amides is 1. The van der Waals surface area contributed by atoms with Crippen LogP contribution in [-0.4, -0.2) is 64.6 Å². The number of phenolic OH excluding ortho intramolecular Hbond substituents is 1. The van der Waals surface area contributed by atoms with E-state index in [9.17, 15) is 29.1 Å². The number of nitrogens with one attached hydrogen (secondary N) is 2. The molecule has 1 rings (SSSR count). The molecule has 0 saturated heterocycles. The van der Waals surface area contributed by atoms with Crippen LogP contribution >= 0.6 is 0 Å². The van der Waals surface area contributed by atoms with E-state index in [1.165, 1.54) is 6.07 Å². The number of terminal acetylenes is 1. The van der Waals surface area contributed by atoms with Crippen LogP contribution in [0.15, 0.2) is 18.2 Å². The first kappa shape index (κ1) is 30.8. The molecule has 4 amide bonds.